The number of aryl methyl sites for hydroxylation is 1. The Balaban J connectivity index is 1.86. The van der Waals surface area contributed by atoms with Gasteiger partial charge in [0.2, 0.25) is 0 Å². The lowest BCUT2D eigenvalue weighted by molar-refractivity contribution is -0.122. The first-order chi connectivity index (χ1) is 10.2. The molecule has 0 bridgehead atoms. The number of likely N-dealkylation sites (tertiary alicyclic amines) is 1. The first-order valence-electron chi connectivity index (χ1n) is 8.08. The molecular formula is C18H23NO2. The van der Waals surface area contributed by atoms with Crippen molar-refractivity contribution in [1.82, 2.24) is 4.90 Å². The summed E-state index contributed by atoms with van der Waals surface area (Å²) >= 11 is 0. The van der Waals surface area contributed by atoms with E-state index in [0.29, 0.717) is 12.2 Å². The van der Waals surface area contributed by atoms with Gasteiger partial charge >= 0.3 is 0 Å². The highest BCUT2D eigenvalue weighted by Crippen LogP contribution is 2.33. The molecule has 1 aromatic rings. The van der Waals surface area contributed by atoms with Crippen LogP contribution in [0.3, 0.4) is 0 Å². The van der Waals surface area contributed by atoms with Crippen LogP contribution >= 0.6 is 0 Å². The minimum Gasteiger partial charge on any atom is -0.335 e. The lowest BCUT2D eigenvalue weighted by atomic mass is 9.87. The molecule has 1 aliphatic heterocycles. The average molecular weight is 285 g/mol. The minimum absolute atomic E-state index is 0.0817. The third kappa shape index (κ3) is 2.74. The maximum absolute atomic E-state index is 12.9. The van der Waals surface area contributed by atoms with Gasteiger partial charge in [-0.15, -0.1) is 0 Å². The minimum atomic E-state index is 0.0817. The standard InChI is InChI=1S/C18H23NO2/c1-13-7-2-3-8-14(13)18(21)19-12-5-4-10-16(19)15-9-6-11-17(15)20/h2-3,7-8,15-16H,4-6,9-12H2,1H3. The van der Waals surface area contributed by atoms with Gasteiger partial charge in [-0.25, -0.2) is 0 Å². The average Bonchev–Trinajstić information content (AvgIpc) is 2.93. The molecule has 3 nitrogen and oxygen atoms in total. The van der Waals surface area contributed by atoms with Crippen LogP contribution in [0, 0.1) is 12.8 Å². The Hall–Kier alpha value is -1.64. The summed E-state index contributed by atoms with van der Waals surface area (Å²) in [5.41, 5.74) is 1.81. The van der Waals surface area contributed by atoms with Crippen molar-refractivity contribution in [1.29, 1.82) is 0 Å². The number of amides is 1. The summed E-state index contributed by atoms with van der Waals surface area (Å²) in [6.45, 7) is 2.77. The van der Waals surface area contributed by atoms with Crippen LogP contribution in [0.15, 0.2) is 24.3 Å². The van der Waals surface area contributed by atoms with E-state index >= 15 is 0 Å². The summed E-state index contributed by atoms with van der Waals surface area (Å²) in [5.74, 6) is 0.556. The number of benzene rings is 1. The van der Waals surface area contributed by atoms with Crippen molar-refractivity contribution < 1.29 is 9.59 Å². The quantitative estimate of drug-likeness (QED) is 0.835. The molecule has 0 N–H and O–H groups in total. The van der Waals surface area contributed by atoms with Gasteiger partial charge in [0.05, 0.1) is 0 Å². The van der Waals surface area contributed by atoms with Crippen molar-refractivity contribution in [3.8, 4) is 0 Å². The second-order valence-corrected chi connectivity index (χ2v) is 6.34. The molecule has 21 heavy (non-hydrogen) atoms. The molecule has 2 aliphatic rings. The normalized spacial score (nSPS) is 26.1. The van der Waals surface area contributed by atoms with Crippen LogP contribution in [0.4, 0.5) is 0 Å². The van der Waals surface area contributed by atoms with Crippen molar-refractivity contribution in [2.24, 2.45) is 5.92 Å². The third-order valence-corrected chi connectivity index (χ3v) is 5.00. The van der Waals surface area contributed by atoms with Crippen LogP contribution in [-0.4, -0.2) is 29.2 Å². The van der Waals surface area contributed by atoms with E-state index in [1.807, 2.05) is 36.1 Å². The summed E-state index contributed by atoms with van der Waals surface area (Å²) in [6.07, 6.45) is 5.82. The Morgan fingerprint density at radius 1 is 1.14 bits per heavy atom. The zero-order valence-corrected chi connectivity index (χ0v) is 12.7. The van der Waals surface area contributed by atoms with Crippen molar-refractivity contribution in [3.05, 3.63) is 35.4 Å². The van der Waals surface area contributed by atoms with E-state index in [2.05, 4.69) is 0 Å². The molecule has 2 fully saturated rings. The van der Waals surface area contributed by atoms with Crippen molar-refractivity contribution in [3.63, 3.8) is 0 Å². The summed E-state index contributed by atoms with van der Waals surface area (Å²) in [7, 11) is 0. The first kappa shape index (κ1) is 14.3. The van der Waals surface area contributed by atoms with E-state index in [9.17, 15) is 9.59 Å². The second-order valence-electron chi connectivity index (χ2n) is 6.34. The number of hydrogen-bond acceptors (Lipinski definition) is 2. The molecule has 1 amide bonds. The number of hydrogen-bond donors (Lipinski definition) is 0. The Morgan fingerprint density at radius 3 is 2.67 bits per heavy atom. The highest BCUT2D eigenvalue weighted by atomic mass is 16.2. The van der Waals surface area contributed by atoms with Gasteiger partial charge < -0.3 is 4.90 Å². The number of nitrogens with zero attached hydrogens (tertiary/aromatic N) is 1. The van der Waals surface area contributed by atoms with Gasteiger partial charge in [0.1, 0.15) is 5.78 Å². The van der Waals surface area contributed by atoms with E-state index in [1.165, 1.54) is 0 Å². The second kappa shape index (κ2) is 6.00. The molecule has 0 spiro atoms. The van der Waals surface area contributed by atoms with Gasteiger partial charge in [-0.05, 0) is 50.7 Å². The molecular weight excluding hydrogens is 262 g/mol. The van der Waals surface area contributed by atoms with Gasteiger partial charge in [-0.3, -0.25) is 9.59 Å². The maximum atomic E-state index is 12.9. The lowest BCUT2D eigenvalue weighted by Gasteiger charge is -2.39. The summed E-state index contributed by atoms with van der Waals surface area (Å²) in [5, 5.41) is 0. The van der Waals surface area contributed by atoms with E-state index < -0.39 is 0 Å². The predicted octanol–water partition coefficient (Wildman–Crippen LogP) is 3.36. The van der Waals surface area contributed by atoms with Crippen molar-refractivity contribution in [2.45, 2.75) is 51.5 Å². The molecule has 1 aliphatic carbocycles. The summed E-state index contributed by atoms with van der Waals surface area (Å²) in [4.78, 5) is 27.0. The van der Waals surface area contributed by atoms with E-state index in [-0.39, 0.29) is 17.9 Å². The van der Waals surface area contributed by atoms with Gasteiger partial charge in [0, 0.05) is 30.5 Å². The van der Waals surface area contributed by atoms with Gasteiger partial charge in [0.15, 0.2) is 0 Å². The summed E-state index contributed by atoms with van der Waals surface area (Å²) in [6, 6.07) is 7.88. The molecule has 1 saturated heterocycles. The number of ketones is 1. The zero-order chi connectivity index (χ0) is 14.8. The molecule has 0 radical (unpaired) electrons. The molecule has 1 heterocycles. The number of carbonyl (C=O) groups is 2. The third-order valence-electron chi connectivity index (χ3n) is 5.00. The van der Waals surface area contributed by atoms with Gasteiger partial charge in [-0.1, -0.05) is 18.2 Å². The number of carbonyl (C=O) groups excluding carboxylic acids is 2. The highest BCUT2D eigenvalue weighted by molar-refractivity contribution is 5.96. The Bertz CT molecular complexity index is 552. The fraction of sp³-hybridized carbons (Fsp3) is 0.556. The van der Waals surface area contributed by atoms with Gasteiger partial charge in [-0.2, -0.15) is 0 Å². The fourth-order valence-electron chi connectivity index (χ4n) is 3.84. The Kier molecular flexibility index (Phi) is 4.09. The van der Waals surface area contributed by atoms with E-state index in [0.717, 1.165) is 49.8 Å². The number of Topliss-reactive ketones (excluding diaryl/α,β-unsaturated/α-hetero) is 1. The maximum Gasteiger partial charge on any atom is 0.254 e. The largest absolute Gasteiger partial charge is 0.335 e. The molecule has 0 aromatic heterocycles. The molecule has 2 unspecified atom stereocenters. The molecule has 3 rings (SSSR count). The zero-order valence-electron chi connectivity index (χ0n) is 12.7. The van der Waals surface area contributed by atoms with Crippen LogP contribution in [0.2, 0.25) is 0 Å². The Morgan fingerprint density at radius 2 is 1.95 bits per heavy atom. The molecule has 1 saturated carbocycles. The predicted molar refractivity (Wildman–Crippen MR) is 82.2 cm³/mol. The first-order valence-corrected chi connectivity index (χ1v) is 8.08. The topological polar surface area (TPSA) is 37.4 Å². The van der Waals surface area contributed by atoms with E-state index in [4.69, 9.17) is 0 Å². The van der Waals surface area contributed by atoms with E-state index in [1.54, 1.807) is 0 Å². The Labute approximate surface area is 126 Å². The van der Waals surface area contributed by atoms with Crippen LogP contribution in [0.1, 0.15) is 54.4 Å². The smallest absolute Gasteiger partial charge is 0.254 e. The molecule has 3 heteroatoms. The van der Waals surface area contributed by atoms with Crippen molar-refractivity contribution >= 4 is 11.7 Å². The SMILES string of the molecule is Cc1ccccc1C(=O)N1CCCCC1C1CCCC1=O. The van der Waals surface area contributed by atoms with Crippen LogP contribution in [-0.2, 0) is 4.79 Å². The monoisotopic (exact) mass is 285 g/mol. The number of rotatable bonds is 2. The van der Waals surface area contributed by atoms with Gasteiger partial charge in [0.25, 0.3) is 5.91 Å². The van der Waals surface area contributed by atoms with Crippen LogP contribution in [0.25, 0.3) is 0 Å². The highest BCUT2D eigenvalue weighted by Gasteiger charge is 2.39. The summed E-state index contributed by atoms with van der Waals surface area (Å²) < 4.78 is 0. The van der Waals surface area contributed by atoms with Crippen LogP contribution < -0.4 is 0 Å². The van der Waals surface area contributed by atoms with Crippen molar-refractivity contribution in [2.75, 3.05) is 6.54 Å². The lowest BCUT2D eigenvalue weighted by Crippen LogP contribution is -2.48. The molecule has 2 atom stereocenters. The molecule has 1 aromatic carbocycles. The fourth-order valence-corrected chi connectivity index (χ4v) is 3.84. The molecule has 112 valence electrons. The number of piperidine rings is 1. The van der Waals surface area contributed by atoms with Crippen LogP contribution in [0.5, 0.6) is 0 Å².